The van der Waals surface area contributed by atoms with Crippen LogP contribution in [0.1, 0.15) is 18.9 Å². The van der Waals surface area contributed by atoms with Gasteiger partial charge in [0.1, 0.15) is 5.75 Å². The van der Waals surface area contributed by atoms with Crippen LogP contribution in [0.2, 0.25) is 0 Å². The second-order valence-electron chi connectivity index (χ2n) is 5.93. The molecule has 0 radical (unpaired) electrons. The van der Waals surface area contributed by atoms with Crippen LogP contribution in [0.15, 0.2) is 29.3 Å². The van der Waals surface area contributed by atoms with Crippen molar-refractivity contribution >= 4 is 40.0 Å². The third kappa shape index (κ3) is 9.32. The van der Waals surface area contributed by atoms with E-state index in [1.165, 1.54) is 16.4 Å². The zero-order chi connectivity index (χ0) is 20.4. The van der Waals surface area contributed by atoms with Crippen LogP contribution in [0.4, 0.5) is 8.78 Å². The van der Waals surface area contributed by atoms with Gasteiger partial charge in [-0.1, -0.05) is 12.1 Å². The number of nitrogens with zero attached hydrogens (tertiary/aromatic N) is 3. The number of alkyl halides is 2. The molecule has 162 valence electrons. The van der Waals surface area contributed by atoms with Crippen LogP contribution >= 0.6 is 24.0 Å². The average molecular weight is 534 g/mol. The van der Waals surface area contributed by atoms with Gasteiger partial charge in [0.25, 0.3) is 0 Å². The van der Waals surface area contributed by atoms with Crippen molar-refractivity contribution in [1.29, 1.82) is 0 Å². The Hall–Kier alpha value is -1.21. The van der Waals surface area contributed by atoms with E-state index in [4.69, 9.17) is 0 Å². The normalized spacial score (nSPS) is 12.1. The molecule has 0 unspecified atom stereocenters. The molecule has 1 aromatic carbocycles. The van der Waals surface area contributed by atoms with Gasteiger partial charge in [0.05, 0.1) is 5.75 Å². The van der Waals surface area contributed by atoms with E-state index in [1.807, 2.05) is 11.9 Å². The molecule has 0 aliphatic rings. The first-order valence-corrected chi connectivity index (χ1v) is 10.2. The Morgan fingerprint density at radius 3 is 2.36 bits per heavy atom. The van der Waals surface area contributed by atoms with E-state index in [0.29, 0.717) is 32.0 Å². The van der Waals surface area contributed by atoms with Crippen molar-refractivity contribution in [2.45, 2.75) is 26.5 Å². The monoisotopic (exact) mass is 534 g/mol. The topological polar surface area (TPSA) is 74.2 Å². The molecule has 7 nitrogen and oxygen atoms in total. The molecular formula is C17H29F2IN4O3S. The van der Waals surface area contributed by atoms with Crippen molar-refractivity contribution < 1.29 is 21.9 Å². The summed E-state index contributed by atoms with van der Waals surface area (Å²) in [7, 11) is 1.92. The number of halogens is 3. The fraction of sp³-hybridized carbons (Fsp3) is 0.588. The summed E-state index contributed by atoms with van der Waals surface area (Å²) in [6.45, 7) is 0.302. The van der Waals surface area contributed by atoms with E-state index >= 15 is 0 Å². The standard InChI is InChI=1S/C17H28F2N4O3S.HI/c1-5-27(24,25)23(4)12-6-11-21-17(20-2)22(3)13-14-7-9-15(10-8-14)26-16(18)19;/h7-10,16H,5-6,11-13H2,1-4H3,(H,20,21);1H. The summed E-state index contributed by atoms with van der Waals surface area (Å²) in [5, 5.41) is 3.18. The Balaban J connectivity index is 0.00000729. The first-order chi connectivity index (χ1) is 12.7. The highest BCUT2D eigenvalue weighted by Gasteiger charge is 2.14. The van der Waals surface area contributed by atoms with Crippen molar-refractivity contribution in [2.75, 3.05) is 40.0 Å². The van der Waals surface area contributed by atoms with Gasteiger partial charge in [0.2, 0.25) is 10.0 Å². The first kappa shape index (κ1) is 26.8. The lowest BCUT2D eigenvalue weighted by Gasteiger charge is -2.23. The van der Waals surface area contributed by atoms with Crippen LogP contribution < -0.4 is 10.1 Å². The van der Waals surface area contributed by atoms with Crippen molar-refractivity contribution in [2.24, 2.45) is 4.99 Å². The maximum absolute atomic E-state index is 12.2. The molecule has 0 heterocycles. The van der Waals surface area contributed by atoms with Gasteiger partial charge >= 0.3 is 6.61 Å². The number of aliphatic imine (C=N–C) groups is 1. The molecule has 1 aromatic rings. The first-order valence-electron chi connectivity index (χ1n) is 8.59. The summed E-state index contributed by atoms with van der Waals surface area (Å²) < 4.78 is 53.4. The van der Waals surface area contributed by atoms with Crippen LogP contribution in [-0.2, 0) is 16.6 Å². The van der Waals surface area contributed by atoms with Gasteiger partial charge < -0.3 is 15.0 Å². The Kier molecular flexibility index (Phi) is 12.5. The number of nitrogens with one attached hydrogen (secondary N) is 1. The molecule has 1 N–H and O–H groups in total. The minimum Gasteiger partial charge on any atom is -0.435 e. The molecule has 0 spiro atoms. The van der Waals surface area contributed by atoms with Crippen LogP contribution in [0.25, 0.3) is 0 Å². The Bertz CT molecular complexity index is 703. The van der Waals surface area contributed by atoms with Gasteiger partial charge in [-0.25, -0.2) is 12.7 Å². The molecule has 11 heteroatoms. The molecule has 0 fully saturated rings. The number of sulfonamides is 1. The highest BCUT2D eigenvalue weighted by atomic mass is 127. The molecule has 0 bridgehead atoms. The van der Waals surface area contributed by atoms with Gasteiger partial charge in [0.15, 0.2) is 5.96 Å². The Morgan fingerprint density at radius 1 is 1.25 bits per heavy atom. The molecular weight excluding hydrogens is 505 g/mol. The van der Waals surface area contributed by atoms with Gasteiger partial charge in [0, 0.05) is 40.8 Å². The van der Waals surface area contributed by atoms with Crippen LogP contribution in [-0.4, -0.2) is 70.2 Å². The van der Waals surface area contributed by atoms with Crippen LogP contribution in [0.3, 0.4) is 0 Å². The zero-order valence-corrected chi connectivity index (χ0v) is 19.7. The predicted molar refractivity (Wildman–Crippen MR) is 118 cm³/mol. The van der Waals surface area contributed by atoms with E-state index in [9.17, 15) is 17.2 Å². The van der Waals surface area contributed by atoms with Gasteiger partial charge in [-0.3, -0.25) is 4.99 Å². The highest BCUT2D eigenvalue weighted by molar-refractivity contribution is 14.0. The smallest absolute Gasteiger partial charge is 0.387 e. The van der Waals surface area contributed by atoms with E-state index in [-0.39, 0.29) is 35.5 Å². The molecule has 0 aromatic heterocycles. The second-order valence-corrected chi connectivity index (χ2v) is 8.29. The third-order valence-electron chi connectivity index (χ3n) is 3.91. The number of rotatable bonds is 10. The molecule has 28 heavy (non-hydrogen) atoms. The van der Waals surface area contributed by atoms with Gasteiger partial charge in [-0.05, 0) is 31.0 Å². The molecule has 0 aliphatic carbocycles. The lowest BCUT2D eigenvalue weighted by molar-refractivity contribution is -0.0498. The number of ether oxygens (including phenoxy) is 1. The number of benzene rings is 1. The lowest BCUT2D eigenvalue weighted by Crippen LogP contribution is -2.40. The number of guanidine groups is 1. The van der Waals surface area contributed by atoms with Crippen LogP contribution in [0, 0.1) is 0 Å². The third-order valence-corrected chi connectivity index (χ3v) is 5.78. The Labute approximate surface area is 183 Å². The molecule has 0 amide bonds. The number of hydrogen-bond donors (Lipinski definition) is 1. The zero-order valence-electron chi connectivity index (χ0n) is 16.6. The highest BCUT2D eigenvalue weighted by Crippen LogP contribution is 2.15. The van der Waals surface area contributed by atoms with Crippen molar-refractivity contribution in [3.8, 4) is 5.75 Å². The van der Waals surface area contributed by atoms with Crippen LogP contribution in [0.5, 0.6) is 5.75 Å². The average Bonchev–Trinajstić information content (AvgIpc) is 2.62. The molecule has 0 saturated heterocycles. The largest absolute Gasteiger partial charge is 0.435 e. The quantitative estimate of drug-likeness (QED) is 0.216. The molecule has 0 saturated carbocycles. The molecule has 0 atom stereocenters. The summed E-state index contributed by atoms with van der Waals surface area (Å²) in [5.74, 6) is 0.858. The maximum atomic E-state index is 12.2. The van der Waals surface area contributed by atoms with Crippen molar-refractivity contribution in [3.05, 3.63) is 29.8 Å². The fourth-order valence-electron chi connectivity index (χ4n) is 2.37. The lowest BCUT2D eigenvalue weighted by atomic mass is 10.2. The maximum Gasteiger partial charge on any atom is 0.387 e. The molecule has 1 rings (SSSR count). The summed E-state index contributed by atoms with van der Waals surface area (Å²) in [4.78, 5) is 6.08. The summed E-state index contributed by atoms with van der Waals surface area (Å²) >= 11 is 0. The van der Waals surface area contributed by atoms with Gasteiger partial charge in [-0.15, -0.1) is 24.0 Å². The van der Waals surface area contributed by atoms with E-state index in [1.54, 1.807) is 33.2 Å². The van der Waals surface area contributed by atoms with Gasteiger partial charge in [-0.2, -0.15) is 8.78 Å². The number of hydrogen-bond acceptors (Lipinski definition) is 4. The summed E-state index contributed by atoms with van der Waals surface area (Å²) in [5.41, 5.74) is 0.913. The second kappa shape index (κ2) is 13.1. The minimum atomic E-state index is -3.16. The van der Waals surface area contributed by atoms with E-state index < -0.39 is 16.6 Å². The minimum absolute atomic E-state index is 0. The predicted octanol–water partition coefficient (Wildman–Crippen LogP) is 2.58. The fourth-order valence-corrected chi connectivity index (χ4v) is 3.22. The van der Waals surface area contributed by atoms with E-state index in [0.717, 1.165) is 5.56 Å². The summed E-state index contributed by atoms with van der Waals surface area (Å²) in [6, 6.07) is 6.42. The summed E-state index contributed by atoms with van der Waals surface area (Å²) in [6.07, 6.45) is 0.641. The SMILES string of the molecule is CCS(=O)(=O)N(C)CCCNC(=NC)N(C)Cc1ccc(OC(F)F)cc1.I. The Morgan fingerprint density at radius 2 is 1.86 bits per heavy atom. The van der Waals surface area contributed by atoms with Crippen molar-refractivity contribution in [3.63, 3.8) is 0 Å². The van der Waals surface area contributed by atoms with Crippen molar-refractivity contribution in [1.82, 2.24) is 14.5 Å². The molecule has 0 aliphatic heterocycles. The van der Waals surface area contributed by atoms with E-state index in [2.05, 4.69) is 15.0 Å².